The topological polar surface area (TPSA) is 61.2 Å². The number of halogens is 1. The molecule has 0 aliphatic heterocycles. The number of methoxy groups -OCH3 is 1. The minimum Gasteiger partial charge on any atom is -0.469 e. The second-order valence-electron chi connectivity index (χ2n) is 2.67. The number of aryl methyl sites for hydroxylation is 1. The molecule has 5 nitrogen and oxygen atoms in total. The SMILES string of the molecule is COC(=O)CC(=O)c1c(Cl)ncn1C. The molecule has 1 aromatic heterocycles. The molecule has 0 radical (unpaired) electrons. The Labute approximate surface area is 85.6 Å². The largest absolute Gasteiger partial charge is 0.469 e. The molecule has 0 fully saturated rings. The van der Waals surface area contributed by atoms with Gasteiger partial charge in [-0.1, -0.05) is 11.6 Å². The Hall–Kier alpha value is -1.36. The van der Waals surface area contributed by atoms with E-state index in [4.69, 9.17) is 11.6 Å². The molecular formula is C8H9ClN2O3. The first-order valence-electron chi connectivity index (χ1n) is 3.83. The summed E-state index contributed by atoms with van der Waals surface area (Å²) in [7, 11) is 2.85. The average Bonchev–Trinajstić information content (AvgIpc) is 2.46. The van der Waals surface area contributed by atoms with E-state index in [0.717, 1.165) is 0 Å². The molecule has 0 saturated carbocycles. The van der Waals surface area contributed by atoms with Gasteiger partial charge in [-0.25, -0.2) is 4.98 Å². The van der Waals surface area contributed by atoms with Crippen LogP contribution in [0.25, 0.3) is 0 Å². The number of Topliss-reactive ketones (excluding diaryl/α,β-unsaturated/α-hetero) is 1. The number of aromatic nitrogens is 2. The van der Waals surface area contributed by atoms with E-state index in [1.807, 2.05) is 0 Å². The van der Waals surface area contributed by atoms with E-state index in [9.17, 15) is 9.59 Å². The van der Waals surface area contributed by atoms with Gasteiger partial charge in [-0.3, -0.25) is 9.59 Å². The van der Waals surface area contributed by atoms with Crippen LogP contribution in [0.15, 0.2) is 6.33 Å². The molecule has 1 aromatic rings. The van der Waals surface area contributed by atoms with Crippen molar-refractivity contribution in [2.75, 3.05) is 7.11 Å². The van der Waals surface area contributed by atoms with Crippen LogP contribution in [0.2, 0.25) is 5.15 Å². The highest BCUT2D eigenvalue weighted by atomic mass is 35.5. The van der Waals surface area contributed by atoms with Crippen LogP contribution in [-0.2, 0) is 16.6 Å². The molecule has 0 aliphatic rings. The lowest BCUT2D eigenvalue weighted by Crippen LogP contribution is -2.12. The maximum absolute atomic E-state index is 11.5. The van der Waals surface area contributed by atoms with E-state index in [2.05, 4.69) is 9.72 Å². The predicted octanol–water partition coefficient (Wildman–Crippen LogP) is 0.819. The summed E-state index contributed by atoms with van der Waals surface area (Å²) in [6.07, 6.45) is 1.09. The summed E-state index contributed by atoms with van der Waals surface area (Å²) < 4.78 is 5.83. The van der Waals surface area contributed by atoms with Gasteiger partial charge < -0.3 is 9.30 Å². The Balaban J connectivity index is 2.84. The molecule has 6 heteroatoms. The van der Waals surface area contributed by atoms with Crippen molar-refractivity contribution in [2.45, 2.75) is 6.42 Å². The maximum Gasteiger partial charge on any atom is 0.313 e. The van der Waals surface area contributed by atoms with Crippen molar-refractivity contribution in [1.82, 2.24) is 9.55 Å². The Morgan fingerprint density at radius 2 is 2.29 bits per heavy atom. The van der Waals surface area contributed by atoms with Gasteiger partial charge in [-0.2, -0.15) is 0 Å². The van der Waals surface area contributed by atoms with E-state index >= 15 is 0 Å². The van der Waals surface area contributed by atoms with E-state index < -0.39 is 11.8 Å². The number of imidazole rings is 1. The number of nitrogens with zero attached hydrogens (tertiary/aromatic N) is 2. The summed E-state index contributed by atoms with van der Waals surface area (Å²) in [5, 5.41) is 0.0985. The highest BCUT2D eigenvalue weighted by Crippen LogP contribution is 2.14. The minimum atomic E-state index is -0.590. The number of ketones is 1. The molecule has 76 valence electrons. The molecule has 0 unspecified atom stereocenters. The van der Waals surface area contributed by atoms with Crippen molar-refractivity contribution in [2.24, 2.45) is 7.05 Å². The van der Waals surface area contributed by atoms with Crippen molar-refractivity contribution < 1.29 is 14.3 Å². The first kappa shape index (κ1) is 10.7. The van der Waals surface area contributed by atoms with Crippen molar-refractivity contribution in [3.8, 4) is 0 Å². The monoisotopic (exact) mass is 216 g/mol. The average molecular weight is 217 g/mol. The van der Waals surface area contributed by atoms with Crippen molar-refractivity contribution in [3.05, 3.63) is 17.2 Å². The zero-order chi connectivity index (χ0) is 10.7. The fraction of sp³-hybridized carbons (Fsp3) is 0.375. The number of carbonyl (C=O) groups is 2. The first-order valence-corrected chi connectivity index (χ1v) is 4.21. The normalized spacial score (nSPS) is 9.93. The van der Waals surface area contributed by atoms with Crippen LogP contribution in [0.1, 0.15) is 16.9 Å². The number of ether oxygens (including phenoxy) is 1. The fourth-order valence-corrected chi connectivity index (χ4v) is 1.28. The molecule has 1 rings (SSSR count). The van der Waals surface area contributed by atoms with Crippen LogP contribution in [0.5, 0.6) is 0 Å². The number of carbonyl (C=O) groups excluding carboxylic acids is 2. The summed E-state index contributed by atoms with van der Waals surface area (Å²) in [6, 6.07) is 0. The lowest BCUT2D eigenvalue weighted by Gasteiger charge is -2.00. The highest BCUT2D eigenvalue weighted by Gasteiger charge is 2.18. The zero-order valence-electron chi connectivity index (χ0n) is 7.78. The van der Waals surface area contributed by atoms with Gasteiger partial charge in [0.2, 0.25) is 0 Å². The lowest BCUT2D eigenvalue weighted by atomic mass is 10.2. The van der Waals surface area contributed by atoms with Crippen LogP contribution in [0, 0.1) is 0 Å². The van der Waals surface area contributed by atoms with E-state index in [0.29, 0.717) is 0 Å². The standard InChI is InChI=1S/C8H9ClN2O3/c1-11-4-10-8(9)7(11)5(12)3-6(13)14-2/h4H,3H2,1-2H3. The molecule has 0 amide bonds. The first-order chi connectivity index (χ1) is 6.56. The van der Waals surface area contributed by atoms with Crippen LogP contribution in [0.4, 0.5) is 0 Å². The molecule has 0 spiro atoms. The Morgan fingerprint density at radius 1 is 1.64 bits per heavy atom. The molecule has 0 bridgehead atoms. The smallest absolute Gasteiger partial charge is 0.313 e. The molecule has 0 atom stereocenters. The van der Waals surface area contributed by atoms with Gasteiger partial charge in [0, 0.05) is 7.05 Å². The van der Waals surface area contributed by atoms with Crippen LogP contribution >= 0.6 is 11.6 Å². The van der Waals surface area contributed by atoms with Gasteiger partial charge in [0.05, 0.1) is 13.4 Å². The highest BCUT2D eigenvalue weighted by molar-refractivity contribution is 6.32. The van der Waals surface area contributed by atoms with E-state index in [1.165, 1.54) is 18.0 Å². The van der Waals surface area contributed by atoms with Gasteiger partial charge >= 0.3 is 5.97 Å². The molecule has 14 heavy (non-hydrogen) atoms. The summed E-state index contributed by atoms with van der Waals surface area (Å²) in [6.45, 7) is 0. The third kappa shape index (κ3) is 2.11. The molecule has 0 N–H and O–H groups in total. The molecule has 0 aromatic carbocycles. The third-order valence-corrected chi connectivity index (χ3v) is 1.97. The van der Waals surface area contributed by atoms with Gasteiger partial charge in [-0.05, 0) is 0 Å². The molecule has 1 heterocycles. The van der Waals surface area contributed by atoms with Crippen LogP contribution in [-0.4, -0.2) is 28.4 Å². The number of hydrogen-bond donors (Lipinski definition) is 0. The van der Waals surface area contributed by atoms with Gasteiger partial charge in [0.25, 0.3) is 0 Å². The summed E-state index contributed by atoms with van der Waals surface area (Å²) >= 11 is 5.66. The Kier molecular flexibility index (Phi) is 3.24. The molecular weight excluding hydrogens is 208 g/mol. The Morgan fingerprint density at radius 3 is 2.71 bits per heavy atom. The summed E-state index contributed by atoms with van der Waals surface area (Å²) in [5.41, 5.74) is 0.220. The Bertz CT molecular complexity index is 353. The third-order valence-electron chi connectivity index (χ3n) is 1.69. The van der Waals surface area contributed by atoms with Gasteiger partial charge in [-0.15, -0.1) is 0 Å². The fourth-order valence-electron chi connectivity index (χ4n) is 1.00. The second-order valence-corrected chi connectivity index (χ2v) is 3.03. The van der Waals surface area contributed by atoms with E-state index in [1.54, 1.807) is 7.05 Å². The summed E-state index contributed by atoms with van der Waals surface area (Å²) in [5.74, 6) is -0.992. The van der Waals surface area contributed by atoms with Crippen molar-refractivity contribution in [1.29, 1.82) is 0 Å². The molecule has 0 aliphatic carbocycles. The minimum absolute atomic E-state index is 0.0985. The van der Waals surface area contributed by atoms with Crippen LogP contribution < -0.4 is 0 Å². The quantitative estimate of drug-likeness (QED) is 0.426. The van der Waals surface area contributed by atoms with E-state index in [-0.39, 0.29) is 17.3 Å². The van der Waals surface area contributed by atoms with Crippen molar-refractivity contribution >= 4 is 23.4 Å². The molecule has 0 saturated heterocycles. The number of hydrogen-bond acceptors (Lipinski definition) is 4. The van der Waals surface area contributed by atoms with Gasteiger partial charge in [0.15, 0.2) is 10.9 Å². The number of rotatable bonds is 3. The summed E-state index contributed by atoms with van der Waals surface area (Å²) in [4.78, 5) is 26.0. The number of esters is 1. The van der Waals surface area contributed by atoms with Crippen LogP contribution in [0.3, 0.4) is 0 Å². The zero-order valence-corrected chi connectivity index (χ0v) is 8.54. The second kappa shape index (κ2) is 4.23. The predicted molar refractivity (Wildman–Crippen MR) is 49.2 cm³/mol. The maximum atomic E-state index is 11.5. The van der Waals surface area contributed by atoms with Gasteiger partial charge in [0.1, 0.15) is 12.1 Å². The van der Waals surface area contributed by atoms with Crippen molar-refractivity contribution in [3.63, 3.8) is 0 Å². The lowest BCUT2D eigenvalue weighted by molar-refractivity contribution is -0.139.